The normalized spacial score (nSPS) is 11.8. The summed E-state index contributed by atoms with van der Waals surface area (Å²) in [4.78, 5) is 28.9. The summed E-state index contributed by atoms with van der Waals surface area (Å²) in [5.41, 5.74) is 1.89. The number of methoxy groups -OCH3 is 2. The lowest BCUT2D eigenvalue weighted by Gasteiger charge is -2.33. The summed E-state index contributed by atoms with van der Waals surface area (Å²) in [6.07, 6.45) is 1.28. The van der Waals surface area contributed by atoms with Crippen LogP contribution in [0.4, 0.5) is 5.69 Å². The number of nitrogens with zero attached hydrogens (tertiary/aromatic N) is 2. The van der Waals surface area contributed by atoms with Crippen LogP contribution in [0.15, 0.2) is 77.3 Å². The van der Waals surface area contributed by atoms with Crippen molar-refractivity contribution in [2.75, 3.05) is 37.9 Å². The highest BCUT2D eigenvalue weighted by molar-refractivity contribution is 9.10. The standard InChI is InChI=1S/C29H34BrN3O6S/c1-5-31-29(35)25(17-21-9-7-6-8-10-21)32(19-22-11-13-23(30)14-12-22)28(34)20-33(40(4,36)37)24-15-16-26(38-2)27(18-24)39-3/h6-16,18,25H,5,17,19-20H2,1-4H3,(H,31,35)/t25-/m1/s1. The molecule has 11 heteroatoms. The number of halogens is 1. The van der Waals surface area contributed by atoms with Crippen LogP contribution in [0, 0.1) is 0 Å². The first-order chi connectivity index (χ1) is 19.1. The molecule has 0 saturated heterocycles. The number of sulfonamides is 1. The van der Waals surface area contributed by atoms with Crippen LogP contribution >= 0.6 is 15.9 Å². The lowest BCUT2D eigenvalue weighted by molar-refractivity contribution is -0.140. The molecule has 2 amide bonds. The molecule has 0 heterocycles. The van der Waals surface area contributed by atoms with Gasteiger partial charge in [0.25, 0.3) is 0 Å². The highest BCUT2D eigenvalue weighted by Gasteiger charge is 2.33. The first kappa shape index (κ1) is 31.0. The Kier molecular flexibility index (Phi) is 11.0. The topological polar surface area (TPSA) is 105 Å². The van der Waals surface area contributed by atoms with Crippen molar-refractivity contribution in [2.45, 2.75) is 25.9 Å². The van der Waals surface area contributed by atoms with Crippen LogP contribution in [0.3, 0.4) is 0 Å². The van der Waals surface area contributed by atoms with E-state index in [-0.39, 0.29) is 24.6 Å². The van der Waals surface area contributed by atoms with Crippen molar-refractivity contribution in [3.63, 3.8) is 0 Å². The van der Waals surface area contributed by atoms with Gasteiger partial charge in [-0.25, -0.2) is 8.42 Å². The van der Waals surface area contributed by atoms with E-state index in [2.05, 4.69) is 21.2 Å². The number of nitrogens with one attached hydrogen (secondary N) is 1. The number of likely N-dealkylation sites (N-methyl/N-ethyl adjacent to an activating group) is 1. The van der Waals surface area contributed by atoms with Crippen LogP contribution in [0.25, 0.3) is 0 Å². The molecule has 0 aromatic heterocycles. The van der Waals surface area contributed by atoms with E-state index in [1.807, 2.05) is 54.6 Å². The molecule has 3 aromatic rings. The number of amides is 2. The Morgan fingerprint density at radius 3 is 2.15 bits per heavy atom. The van der Waals surface area contributed by atoms with Crippen molar-refractivity contribution < 1.29 is 27.5 Å². The second kappa shape index (κ2) is 14.2. The number of hydrogen-bond acceptors (Lipinski definition) is 6. The largest absolute Gasteiger partial charge is 0.493 e. The Hall–Kier alpha value is -3.57. The van der Waals surface area contributed by atoms with Gasteiger partial charge in [-0.3, -0.25) is 13.9 Å². The van der Waals surface area contributed by atoms with Gasteiger partial charge in [0, 0.05) is 30.0 Å². The van der Waals surface area contributed by atoms with Gasteiger partial charge in [0.2, 0.25) is 21.8 Å². The summed E-state index contributed by atoms with van der Waals surface area (Å²) >= 11 is 3.42. The number of benzene rings is 3. The first-order valence-corrected chi connectivity index (χ1v) is 15.3. The SMILES string of the molecule is CCNC(=O)[C@@H](Cc1ccccc1)N(Cc1ccc(Br)cc1)C(=O)CN(c1ccc(OC)c(OC)c1)S(C)(=O)=O. The molecule has 1 N–H and O–H groups in total. The van der Waals surface area contributed by atoms with Gasteiger partial charge >= 0.3 is 0 Å². The molecule has 0 saturated carbocycles. The summed E-state index contributed by atoms with van der Waals surface area (Å²) in [5.74, 6) is -0.122. The van der Waals surface area contributed by atoms with Gasteiger partial charge in [0.15, 0.2) is 11.5 Å². The van der Waals surface area contributed by atoms with Gasteiger partial charge in [0.1, 0.15) is 12.6 Å². The van der Waals surface area contributed by atoms with Crippen molar-refractivity contribution in [3.8, 4) is 11.5 Å². The number of carbonyl (C=O) groups excluding carboxylic acids is 2. The second-order valence-corrected chi connectivity index (χ2v) is 11.9. The molecule has 40 heavy (non-hydrogen) atoms. The first-order valence-electron chi connectivity index (χ1n) is 12.6. The molecule has 0 aliphatic carbocycles. The fraction of sp³-hybridized carbons (Fsp3) is 0.310. The van der Waals surface area contributed by atoms with Crippen molar-refractivity contribution in [2.24, 2.45) is 0 Å². The van der Waals surface area contributed by atoms with E-state index in [1.54, 1.807) is 19.1 Å². The predicted octanol–water partition coefficient (Wildman–Crippen LogP) is 4.01. The number of rotatable bonds is 13. The van der Waals surface area contributed by atoms with Crippen molar-refractivity contribution in [3.05, 3.63) is 88.4 Å². The Morgan fingerprint density at radius 1 is 0.925 bits per heavy atom. The van der Waals surface area contributed by atoms with Crippen LogP contribution in [0.5, 0.6) is 11.5 Å². The second-order valence-electron chi connectivity index (χ2n) is 9.06. The van der Waals surface area contributed by atoms with E-state index in [0.29, 0.717) is 18.0 Å². The summed E-state index contributed by atoms with van der Waals surface area (Å²) in [7, 11) is -0.984. The van der Waals surface area contributed by atoms with Gasteiger partial charge in [0.05, 0.1) is 26.2 Å². The van der Waals surface area contributed by atoms with Crippen LogP contribution in [-0.4, -0.2) is 64.7 Å². The number of carbonyl (C=O) groups is 2. The molecule has 0 fully saturated rings. The van der Waals surface area contributed by atoms with E-state index >= 15 is 0 Å². The van der Waals surface area contributed by atoms with Crippen LogP contribution in [-0.2, 0) is 32.6 Å². The molecular formula is C29H34BrN3O6S. The highest BCUT2D eigenvalue weighted by Crippen LogP contribution is 2.32. The van der Waals surface area contributed by atoms with Crippen LogP contribution < -0.4 is 19.1 Å². The summed E-state index contributed by atoms with van der Waals surface area (Å²) in [5, 5.41) is 2.84. The molecule has 214 valence electrons. The quantitative estimate of drug-likeness (QED) is 0.306. The van der Waals surface area contributed by atoms with Crippen molar-refractivity contribution in [1.82, 2.24) is 10.2 Å². The molecule has 1 atom stereocenters. The van der Waals surface area contributed by atoms with E-state index in [0.717, 1.165) is 26.2 Å². The minimum atomic E-state index is -3.90. The van der Waals surface area contributed by atoms with Gasteiger partial charge in [-0.05, 0) is 42.3 Å². The van der Waals surface area contributed by atoms with E-state index in [9.17, 15) is 18.0 Å². The maximum Gasteiger partial charge on any atom is 0.244 e. The van der Waals surface area contributed by atoms with Crippen LogP contribution in [0.2, 0.25) is 0 Å². The molecule has 3 aromatic carbocycles. The molecule has 0 aliphatic rings. The average Bonchev–Trinajstić information content (AvgIpc) is 2.94. The molecule has 0 radical (unpaired) electrons. The van der Waals surface area contributed by atoms with Crippen molar-refractivity contribution in [1.29, 1.82) is 0 Å². The minimum absolute atomic E-state index is 0.101. The number of hydrogen-bond donors (Lipinski definition) is 1. The smallest absolute Gasteiger partial charge is 0.244 e. The number of ether oxygens (including phenoxy) is 2. The Balaban J connectivity index is 2.05. The molecule has 0 bridgehead atoms. The zero-order valence-corrected chi connectivity index (χ0v) is 25.4. The fourth-order valence-electron chi connectivity index (χ4n) is 4.23. The van der Waals surface area contributed by atoms with Gasteiger partial charge in [-0.1, -0.05) is 58.4 Å². The molecular weight excluding hydrogens is 598 g/mol. The highest BCUT2D eigenvalue weighted by atomic mass is 79.9. The molecule has 9 nitrogen and oxygen atoms in total. The van der Waals surface area contributed by atoms with E-state index in [4.69, 9.17) is 9.47 Å². The van der Waals surface area contributed by atoms with Crippen LogP contribution in [0.1, 0.15) is 18.1 Å². The van der Waals surface area contributed by atoms with Gasteiger partial charge < -0.3 is 19.7 Å². The zero-order valence-electron chi connectivity index (χ0n) is 23.0. The molecule has 0 unspecified atom stereocenters. The van der Waals surface area contributed by atoms with Gasteiger partial charge in [-0.2, -0.15) is 0 Å². The predicted molar refractivity (Wildman–Crippen MR) is 159 cm³/mol. The molecule has 0 aliphatic heterocycles. The lowest BCUT2D eigenvalue weighted by atomic mass is 10.0. The third kappa shape index (κ3) is 8.22. The minimum Gasteiger partial charge on any atom is -0.493 e. The third-order valence-corrected chi connectivity index (χ3v) is 7.89. The maximum absolute atomic E-state index is 14.0. The third-order valence-electron chi connectivity index (χ3n) is 6.22. The zero-order chi connectivity index (χ0) is 29.3. The Morgan fingerprint density at radius 2 is 1.57 bits per heavy atom. The summed E-state index contributed by atoms with van der Waals surface area (Å²) < 4.78 is 38.4. The Bertz CT molecular complexity index is 1400. The van der Waals surface area contributed by atoms with E-state index < -0.39 is 28.5 Å². The molecule has 0 spiro atoms. The van der Waals surface area contributed by atoms with Gasteiger partial charge in [-0.15, -0.1) is 0 Å². The Labute approximate surface area is 244 Å². The average molecular weight is 633 g/mol. The van der Waals surface area contributed by atoms with E-state index in [1.165, 1.54) is 25.2 Å². The monoisotopic (exact) mass is 631 g/mol. The maximum atomic E-state index is 14.0. The number of anilines is 1. The summed E-state index contributed by atoms with van der Waals surface area (Å²) in [6, 6.07) is 20.5. The fourth-order valence-corrected chi connectivity index (χ4v) is 5.33. The van der Waals surface area contributed by atoms with Crippen molar-refractivity contribution >= 4 is 43.5 Å². The molecule has 3 rings (SSSR count). The summed E-state index contributed by atoms with van der Waals surface area (Å²) in [6.45, 7) is 1.77. The lowest BCUT2D eigenvalue weighted by Crippen LogP contribution is -2.53.